The van der Waals surface area contributed by atoms with Gasteiger partial charge < -0.3 is 14.8 Å². The van der Waals surface area contributed by atoms with Gasteiger partial charge in [-0.3, -0.25) is 4.90 Å². The fourth-order valence-electron chi connectivity index (χ4n) is 6.43. The lowest BCUT2D eigenvalue weighted by Gasteiger charge is -2.44. The first kappa shape index (κ1) is 22.0. The number of rotatable bonds is 5. The van der Waals surface area contributed by atoms with Gasteiger partial charge in [-0.05, 0) is 111 Å². The van der Waals surface area contributed by atoms with Crippen LogP contribution in [0, 0.1) is 11.3 Å². The summed E-state index contributed by atoms with van der Waals surface area (Å²) in [5, 5.41) is 3.32. The molecule has 2 aromatic carbocycles. The molecular weight excluding hydrogens is 424 g/mol. The molecular formula is C29H36N2O3. The van der Waals surface area contributed by atoms with Gasteiger partial charge in [0, 0.05) is 6.54 Å². The van der Waals surface area contributed by atoms with Crippen LogP contribution in [-0.2, 0) is 11.2 Å². The van der Waals surface area contributed by atoms with E-state index in [9.17, 15) is 4.79 Å². The van der Waals surface area contributed by atoms with Crippen LogP contribution in [0.5, 0.6) is 5.75 Å². The van der Waals surface area contributed by atoms with E-state index in [4.69, 9.17) is 9.47 Å². The van der Waals surface area contributed by atoms with Gasteiger partial charge >= 0.3 is 6.09 Å². The molecule has 2 aromatic rings. The molecule has 3 aliphatic heterocycles. The number of carbonyl (C=O) groups excluding carboxylic acids is 1. The van der Waals surface area contributed by atoms with E-state index < -0.39 is 0 Å². The summed E-state index contributed by atoms with van der Waals surface area (Å²) in [6.07, 6.45) is 6.85. The van der Waals surface area contributed by atoms with E-state index in [1.807, 2.05) is 19.9 Å². The van der Waals surface area contributed by atoms with E-state index in [0.29, 0.717) is 5.92 Å². The van der Waals surface area contributed by atoms with Gasteiger partial charge in [0.2, 0.25) is 0 Å². The van der Waals surface area contributed by atoms with E-state index in [-0.39, 0.29) is 29.8 Å². The third-order valence-corrected chi connectivity index (χ3v) is 8.51. The van der Waals surface area contributed by atoms with Crippen LogP contribution >= 0.6 is 0 Å². The van der Waals surface area contributed by atoms with Crippen LogP contribution < -0.4 is 10.1 Å². The second kappa shape index (κ2) is 8.60. The van der Waals surface area contributed by atoms with Crippen molar-refractivity contribution in [2.24, 2.45) is 11.3 Å². The van der Waals surface area contributed by atoms with Gasteiger partial charge in [0.05, 0.1) is 12.1 Å². The number of aryl methyl sites for hydroxylation is 1. The normalized spacial score (nSPS) is 28.4. The summed E-state index contributed by atoms with van der Waals surface area (Å²) < 4.78 is 11.9. The minimum Gasteiger partial charge on any atom is -0.491 e. The highest BCUT2D eigenvalue weighted by molar-refractivity contribution is 5.70. The van der Waals surface area contributed by atoms with Crippen molar-refractivity contribution in [3.05, 3.63) is 53.6 Å². The summed E-state index contributed by atoms with van der Waals surface area (Å²) in [6, 6.07) is 15.1. The highest BCUT2D eigenvalue weighted by Gasteiger charge is 2.53. The molecule has 1 saturated carbocycles. The molecule has 1 amide bonds. The summed E-state index contributed by atoms with van der Waals surface area (Å²) in [5.41, 5.74) is 5.20. The zero-order valence-corrected chi connectivity index (χ0v) is 20.4. The third-order valence-electron chi connectivity index (χ3n) is 8.51. The first-order valence-electron chi connectivity index (χ1n) is 13.1. The maximum absolute atomic E-state index is 13.0. The van der Waals surface area contributed by atoms with Crippen LogP contribution in [-0.4, -0.2) is 42.8 Å². The molecule has 5 nitrogen and oxygen atoms in total. The van der Waals surface area contributed by atoms with Crippen molar-refractivity contribution in [3.63, 3.8) is 0 Å². The average Bonchev–Trinajstić information content (AvgIpc) is 3.62. The largest absolute Gasteiger partial charge is 0.491 e. The van der Waals surface area contributed by atoms with Gasteiger partial charge in [0.15, 0.2) is 0 Å². The third kappa shape index (κ3) is 4.19. The van der Waals surface area contributed by atoms with Crippen molar-refractivity contribution in [2.45, 2.75) is 70.6 Å². The van der Waals surface area contributed by atoms with E-state index in [1.165, 1.54) is 35.1 Å². The van der Waals surface area contributed by atoms with Crippen LogP contribution in [0.1, 0.15) is 63.1 Å². The number of nitrogens with one attached hydrogen (secondary N) is 1. The number of alkyl carbamates (subject to hydrolysis) is 1. The van der Waals surface area contributed by atoms with E-state index in [2.05, 4.69) is 46.6 Å². The Kier molecular flexibility index (Phi) is 5.56. The molecule has 1 unspecified atom stereocenters. The number of hydrogen-bond acceptors (Lipinski definition) is 4. The Morgan fingerprint density at radius 1 is 1.06 bits per heavy atom. The van der Waals surface area contributed by atoms with E-state index >= 15 is 0 Å². The fraction of sp³-hybridized carbons (Fsp3) is 0.552. The standard InChI is InChI=1S/C29H36N2O3/c1-19(2)33-24-5-3-4-21(17-24)22-6-7-25-23(16-22)8-11-29(12-13-29)27(25)30-28(32)34-26-18-31-14-9-20(26)10-15-31/h3-7,16-17,19-20,26-27H,8-15,18H2,1-2H3,(H,30,32)/t26-,27?/m1/s1. The lowest BCUT2D eigenvalue weighted by molar-refractivity contribution is -0.0347. The zero-order chi connectivity index (χ0) is 23.3. The van der Waals surface area contributed by atoms with Crippen LogP contribution in [0.3, 0.4) is 0 Å². The molecule has 4 fully saturated rings. The van der Waals surface area contributed by atoms with Crippen molar-refractivity contribution in [1.82, 2.24) is 10.2 Å². The van der Waals surface area contributed by atoms with Gasteiger partial charge in [-0.1, -0.05) is 30.3 Å². The molecule has 180 valence electrons. The number of fused-ring (bicyclic) bond motifs is 4. The van der Waals surface area contributed by atoms with Gasteiger partial charge in [-0.15, -0.1) is 0 Å². The predicted octanol–water partition coefficient (Wildman–Crippen LogP) is 5.73. The number of piperidine rings is 3. The Labute approximate surface area is 202 Å². The van der Waals surface area contributed by atoms with Gasteiger partial charge in [0.25, 0.3) is 0 Å². The van der Waals surface area contributed by atoms with Gasteiger partial charge in [-0.2, -0.15) is 0 Å². The Morgan fingerprint density at radius 2 is 1.85 bits per heavy atom. The fourth-order valence-corrected chi connectivity index (χ4v) is 6.43. The molecule has 3 heterocycles. The maximum Gasteiger partial charge on any atom is 0.407 e. The molecule has 1 N–H and O–H groups in total. The maximum atomic E-state index is 13.0. The van der Waals surface area contributed by atoms with E-state index in [0.717, 1.165) is 51.1 Å². The summed E-state index contributed by atoms with van der Waals surface area (Å²) in [6.45, 7) is 7.30. The summed E-state index contributed by atoms with van der Waals surface area (Å²) >= 11 is 0. The zero-order valence-electron chi connectivity index (χ0n) is 20.4. The molecule has 2 aliphatic carbocycles. The SMILES string of the molecule is CC(C)Oc1cccc(-c2ccc3c(c2)CCC2(CC2)C3NC(=O)O[C@@H]2CN3CCC2CC3)c1. The van der Waals surface area contributed by atoms with Crippen molar-refractivity contribution >= 4 is 6.09 Å². The van der Waals surface area contributed by atoms with Crippen LogP contribution in [0.15, 0.2) is 42.5 Å². The lowest BCUT2D eigenvalue weighted by Crippen LogP contribution is -2.53. The minimum atomic E-state index is -0.231. The minimum absolute atomic E-state index is 0.0448. The van der Waals surface area contributed by atoms with Crippen molar-refractivity contribution in [1.29, 1.82) is 0 Å². The Bertz CT molecular complexity index is 1070. The topological polar surface area (TPSA) is 50.8 Å². The lowest BCUT2D eigenvalue weighted by atomic mass is 9.76. The number of nitrogens with zero attached hydrogens (tertiary/aromatic N) is 1. The number of ether oxygens (including phenoxy) is 2. The number of hydrogen-bond donors (Lipinski definition) is 1. The quantitative estimate of drug-likeness (QED) is 0.619. The van der Waals surface area contributed by atoms with Gasteiger partial charge in [-0.25, -0.2) is 4.79 Å². The second-order valence-electron chi connectivity index (χ2n) is 11.1. The predicted molar refractivity (Wildman–Crippen MR) is 133 cm³/mol. The molecule has 2 bridgehead atoms. The van der Waals surface area contributed by atoms with Crippen LogP contribution in [0.2, 0.25) is 0 Å². The number of amides is 1. The Morgan fingerprint density at radius 3 is 2.56 bits per heavy atom. The molecule has 5 aliphatic rings. The van der Waals surface area contributed by atoms with Crippen LogP contribution in [0.25, 0.3) is 11.1 Å². The van der Waals surface area contributed by atoms with Crippen LogP contribution in [0.4, 0.5) is 4.79 Å². The highest BCUT2D eigenvalue weighted by Crippen LogP contribution is 2.61. The molecule has 0 aromatic heterocycles. The van der Waals surface area contributed by atoms with Crippen molar-refractivity contribution in [2.75, 3.05) is 19.6 Å². The van der Waals surface area contributed by atoms with Crippen molar-refractivity contribution < 1.29 is 14.3 Å². The van der Waals surface area contributed by atoms with E-state index in [1.54, 1.807) is 0 Å². The average molecular weight is 461 g/mol. The molecule has 34 heavy (non-hydrogen) atoms. The Balaban J connectivity index is 1.21. The first-order valence-corrected chi connectivity index (χ1v) is 13.1. The smallest absolute Gasteiger partial charge is 0.407 e. The van der Waals surface area contributed by atoms with Crippen molar-refractivity contribution in [3.8, 4) is 16.9 Å². The second-order valence-corrected chi connectivity index (χ2v) is 11.1. The molecule has 0 radical (unpaired) electrons. The first-order chi connectivity index (χ1) is 16.5. The number of benzene rings is 2. The monoisotopic (exact) mass is 460 g/mol. The summed E-state index contributed by atoms with van der Waals surface area (Å²) in [4.78, 5) is 15.5. The molecule has 1 spiro atoms. The highest BCUT2D eigenvalue weighted by atomic mass is 16.6. The molecule has 5 heteroatoms. The summed E-state index contributed by atoms with van der Waals surface area (Å²) in [5.74, 6) is 1.43. The van der Waals surface area contributed by atoms with Gasteiger partial charge in [0.1, 0.15) is 11.9 Å². The molecule has 3 saturated heterocycles. The molecule has 2 atom stereocenters. The Hall–Kier alpha value is -2.53. The molecule has 7 rings (SSSR count). The summed E-state index contributed by atoms with van der Waals surface area (Å²) in [7, 11) is 0. The number of carbonyl (C=O) groups is 1.